The third-order valence-corrected chi connectivity index (χ3v) is 3.10. The van der Waals surface area contributed by atoms with Crippen LogP contribution in [0.15, 0.2) is 0 Å². The lowest BCUT2D eigenvalue weighted by atomic mass is 9.98. The fourth-order valence-electron chi connectivity index (χ4n) is 1.84. The third-order valence-electron chi connectivity index (χ3n) is 2.67. The van der Waals surface area contributed by atoms with E-state index in [0.717, 1.165) is 0 Å². The lowest BCUT2D eigenvalue weighted by molar-refractivity contribution is -0.350. The van der Waals surface area contributed by atoms with Crippen LogP contribution in [0.2, 0.25) is 0 Å². The van der Waals surface area contributed by atoms with Crippen LogP contribution in [-0.4, -0.2) is 52.5 Å². The van der Waals surface area contributed by atoms with Gasteiger partial charge in [0.05, 0.1) is 6.61 Å². The summed E-state index contributed by atoms with van der Waals surface area (Å²) in [5.41, 5.74) is -0.699. The monoisotopic (exact) mass is 236 g/mol. The molecule has 2 heterocycles. The largest absolute Gasteiger partial charge is 0.387 e. The highest BCUT2D eigenvalue weighted by Gasteiger charge is 2.49. The minimum Gasteiger partial charge on any atom is -0.387 e. The van der Waals surface area contributed by atoms with Gasteiger partial charge in [-0.15, -0.1) is 12.6 Å². The number of hydrogen-bond donors (Lipinski definition) is 3. The van der Waals surface area contributed by atoms with Crippen LogP contribution in [0.4, 0.5) is 0 Å². The van der Waals surface area contributed by atoms with Gasteiger partial charge in [-0.1, -0.05) is 0 Å². The zero-order chi connectivity index (χ0) is 11.2. The van der Waals surface area contributed by atoms with Crippen LogP contribution in [-0.2, 0) is 14.2 Å². The minimum atomic E-state index is -1.04. The van der Waals surface area contributed by atoms with Crippen molar-refractivity contribution in [2.24, 2.45) is 0 Å². The standard InChI is InChI=1S/C9H16O5S/c1-9(2)12-3-4-7(14-9)5(10)6(11)8(15)13-4/h4-8,10-11,15H,3H2,1-2H3. The molecule has 0 aliphatic carbocycles. The number of hydrogen-bond acceptors (Lipinski definition) is 6. The van der Waals surface area contributed by atoms with Crippen LogP contribution < -0.4 is 0 Å². The molecule has 0 bridgehead atoms. The van der Waals surface area contributed by atoms with E-state index in [4.69, 9.17) is 14.2 Å². The Morgan fingerprint density at radius 3 is 2.60 bits per heavy atom. The zero-order valence-corrected chi connectivity index (χ0v) is 9.55. The third kappa shape index (κ3) is 2.15. The molecule has 2 rings (SSSR count). The molecule has 0 saturated carbocycles. The molecular weight excluding hydrogens is 220 g/mol. The average molecular weight is 236 g/mol. The van der Waals surface area contributed by atoms with Gasteiger partial charge in [0.2, 0.25) is 0 Å². The Morgan fingerprint density at radius 1 is 1.27 bits per heavy atom. The first-order valence-electron chi connectivity index (χ1n) is 4.92. The Morgan fingerprint density at radius 2 is 1.93 bits per heavy atom. The Balaban J connectivity index is 2.12. The van der Waals surface area contributed by atoms with Gasteiger partial charge in [-0.25, -0.2) is 0 Å². The van der Waals surface area contributed by atoms with Gasteiger partial charge in [0.1, 0.15) is 29.9 Å². The van der Waals surface area contributed by atoms with Gasteiger partial charge >= 0.3 is 0 Å². The molecule has 5 unspecified atom stereocenters. The molecule has 2 N–H and O–H groups in total. The summed E-state index contributed by atoms with van der Waals surface area (Å²) in [6, 6.07) is 0. The lowest BCUT2D eigenvalue weighted by Gasteiger charge is -2.47. The molecule has 88 valence electrons. The number of aliphatic hydroxyl groups is 2. The fourth-order valence-corrected chi connectivity index (χ4v) is 2.18. The van der Waals surface area contributed by atoms with Gasteiger partial charge in [-0.3, -0.25) is 0 Å². The van der Waals surface area contributed by atoms with Crippen molar-refractivity contribution in [2.45, 2.75) is 49.5 Å². The van der Waals surface area contributed by atoms with E-state index < -0.39 is 29.5 Å². The highest BCUT2D eigenvalue weighted by molar-refractivity contribution is 7.80. The number of thiol groups is 1. The smallest absolute Gasteiger partial charge is 0.163 e. The molecule has 0 aromatic rings. The highest BCUT2D eigenvalue weighted by Crippen LogP contribution is 2.32. The molecule has 5 atom stereocenters. The zero-order valence-electron chi connectivity index (χ0n) is 8.66. The number of rotatable bonds is 0. The second-order valence-corrected chi connectivity index (χ2v) is 4.85. The maximum atomic E-state index is 9.82. The minimum absolute atomic E-state index is 0.332. The van der Waals surface area contributed by atoms with Crippen molar-refractivity contribution in [3.63, 3.8) is 0 Å². The summed E-state index contributed by atoms with van der Waals surface area (Å²) in [5.74, 6) is -0.755. The lowest BCUT2D eigenvalue weighted by Crippen LogP contribution is -2.63. The number of aliphatic hydroxyl groups excluding tert-OH is 2. The predicted octanol–water partition coefficient (Wildman–Crippen LogP) is -0.486. The molecule has 15 heavy (non-hydrogen) atoms. The van der Waals surface area contributed by atoms with Gasteiger partial charge < -0.3 is 24.4 Å². The quantitative estimate of drug-likeness (QED) is 0.495. The van der Waals surface area contributed by atoms with Crippen molar-refractivity contribution in [2.75, 3.05) is 6.61 Å². The summed E-state index contributed by atoms with van der Waals surface area (Å²) < 4.78 is 16.3. The molecule has 2 fully saturated rings. The molecule has 0 spiro atoms. The van der Waals surface area contributed by atoms with Gasteiger partial charge in [-0.05, 0) is 13.8 Å². The van der Waals surface area contributed by atoms with Crippen LogP contribution >= 0.6 is 12.6 Å². The Kier molecular flexibility index (Phi) is 3.00. The van der Waals surface area contributed by atoms with E-state index in [2.05, 4.69) is 12.6 Å². The fraction of sp³-hybridized carbons (Fsp3) is 1.00. The maximum absolute atomic E-state index is 9.82. The Hall–Kier alpha value is 0.150. The van der Waals surface area contributed by atoms with E-state index in [0.29, 0.717) is 6.61 Å². The van der Waals surface area contributed by atoms with Gasteiger partial charge in [0.15, 0.2) is 5.79 Å². The van der Waals surface area contributed by atoms with Gasteiger partial charge in [0, 0.05) is 0 Å². The highest BCUT2D eigenvalue weighted by atomic mass is 32.1. The van der Waals surface area contributed by atoms with Crippen LogP contribution in [0.5, 0.6) is 0 Å². The van der Waals surface area contributed by atoms with Crippen LogP contribution in [0.3, 0.4) is 0 Å². The van der Waals surface area contributed by atoms with E-state index in [-0.39, 0.29) is 6.10 Å². The molecule has 0 aromatic carbocycles. The molecule has 5 nitrogen and oxygen atoms in total. The summed E-state index contributed by atoms with van der Waals surface area (Å²) in [7, 11) is 0. The Bertz CT molecular complexity index is 245. The second-order valence-electron chi connectivity index (χ2n) is 4.34. The molecule has 6 heteroatoms. The summed E-state index contributed by atoms with van der Waals surface area (Å²) in [4.78, 5) is 0. The first-order valence-corrected chi connectivity index (χ1v) is 5.44. The first kappa shape index (κ1) is 11.6. The van der Waals surface area contributed by atoms with Crippen molar-refractivity contribution in [3.8, 4) is 0 Å². The molecule has 2 saturated heterocycles. The van der Waals surface area contributed by atoms with Crippen molar-refractivity contribution in [3.05, 3.63) is 0 Å². The normalized spacial score (nSPS) is 49.8. The van der Waals surface area contributed by atoms with E-state index in [1.165, 1.54) is 0 Å². The number of ether oxygens (including phenoxy) is 3. The number of fused-ring (bicyclic) bond motifs is 1. The predicted molar refractivity (Wildman–Crippen MR) is 54.6 cm³/mol. The van der Waals surface area contributed by atoms with Crippen molar-refractivity contribution < 1.29 is 24.4 Å². The first-order chi connectivity index (χ1) is 6.91. The summed E-state index contributed by atoms with van der Waals surface area (Å²) in [6.07, 6.45) is -2.97. The summed E-state index contributed by atoms with van der Waals surface area (Å²) in [5, 5.41) is 19.4. The van der Waals surface area contributed by atoms with Gasteiger partial charge in [-0.2, -0.15) is 0 Å². The molecule has 0 radical (unpaired) electrons. The molecule has 0 amide bonds. The van der Waals surface area contributed by atoms with Crippen molar-refractivity contribution in [1.82, 2.24) is 0 Å². The average Bonchev–Trinajstić information content (AvgIpc) is 2.16. The molecule has 2 aliphatic rings. The van der Waals surface area contributed by atoms with E-state index in [1.54, 1.807) is 13.8 Å². The molecule has 2 aliphatic heterocycles. The van der Waals surface area contributed by atoms with E-state index >= 15 is 0 Å². The molecular formula is C9H16O5S. The van der Waals surface area contributed by atoms with Crippen LogP contribution in [0.1, 0.15) is 13.8 Å². The summed E-state index contributed by atoms with van der Waals surface area (Å²) in [6.45, 7) is 3.85. The topological polar surface area (TPSA) is 68.2 Å². The Labute approximate surface area is 93.7 Å². The molecule has 0 aromatic heterocycles. The van der Waals surface area contributed by atoms with Crippen LogP contribution in [0, 0.1) is 0 Å². The van der Waals surface area contributed by atoms with Crippen molar-refractivity contribution >= 4 is 12.6 Å². The van der Waals surface area contributed by atoms with Crippen molar-refractivity contribution in [1.29, 1.82) is 0 Å². The second kappa shape index (κ2) is 3.87. The van der Waals surface area contributed by atoms with E-state index in [1.807, 2.05) is 0 Å². The summed E-state index contributed by atoms with van der Waals surface area (Å²) >= 11 is 4.03. The van der Waals surface area contributed by atoms with E-state index in [9.17, 15) is 10.2 Å². The maximum Gasteiger partial charge on any atom is 0.163 e. The SMILES string of the molecule is CC1(C)OCC2OC(S)C(O)C(O)C2O1. The van der Waals surface area contributed by atoms with Gasteiger partial charge in [0.25, 0.3) is 0 Å². The van der Waals surface area contributed by atoms with Crippen LogP contribution in [0.25, 0.3) is 0 Å².